The van der Waals surface area contributed by atoms with Gasteiger partial charge in [0.1, 0.15) is 11.6 Å². The molecule has 0 aliphatic carbocycles. The summed E-state index contributed by atoms with van der Waals surface area (Å²) in [5.74, 6) is -3.49. The highest BCUT2D eigenvalue weighted by Gasteiger charge is 2.18. The molecule has 0 saturated carbocycles. The molecular formula is C12H7F2NO3. The molecular weight excluding hydrogens is 244 g/mol. The highest BCUT2D eigenvalue weighted by molar-refractivity contribution is 6.10. The predicted molar refractivity (Wildman–Crippen MR) is 60.7 cm³/mol. The zero-order valence-electron chi connectivity index (χ0n) is 8.83. The Morgan fingerprint density at radius 1 is 0.944 bits per heavy atom. The number of nitrogens with one attached hydrogen (secondary N) is 1. The summed E-state index contributed by atoms with van der Waals surface area (Å²) in [5, 5.41) is 28.6. The van der Waals surface area contributed by atoms with Crippen molar-refractivity contribution in [3.05, 3.63) is 29.8 Å². The summed E-state index contributed by atoms with van der Waals surface area (Å²) in [5.41, 5.74) is 0.160. The van der Waals surface area contributed by atoms with Crippen molar-refractivity contribution in [3.63, 3.8) is 0 Å². The molecule has 2 aromatic carbocycles. The molecule has 0 unspecified atom stereocenters. The summed E-state index contributed by atoms with van der Waals surface area (Å²) in [6.45, 7) is 0. The lowest BCUT2D eigenvalue weighted by Gasteiger charge is -2.01. The number of hydrogen-bond donors (Lipinski definition) is 4. The molecule has 0 amide bonds. The molecule has 0 aliphatic heterocycles. The first kappa shape index (κ1) is 10.6. The van der Waals surface area contributed by atoms with Crippen molar-refractivity contribution in [1.82, 2.24) is 4.98 Å². The first-order valence-corrected chi connectivity index (χ1v) is 5.03. The second-order valence-electron chi connectivity index (χ2n) is 3.95. The molecule has 0 bridgehead atoms. The van der Waals surface area contributed by atoms with Gasteiger partial charge < -0.3 is 20.3 Å². The number of benzene rings is 2. The number of aromatic nitrogens is 1. The van der Waals surface area contributed by atoms with Crippen molar-refractivity contribution in [2.75, 3.05) is 0 Å². The van der Waals surface area contributed by atoms with Crippen LogP contribution in [0.4, 0.5) is 8.78 Å². The van der Waals surface area contributed by atoms with Crippen LogP contribution in [0.5, 0.6) is 17.2 Å². The van der Waals surface area contributed by atoms with Crippen LogP contribution >= 0.6 is 0 Å². The van der Waals surface area contributed by atoms with E-state index in [4.69, 9.17) is 0 Å². The van der Waals surface area contributed by atoms with E-state index in [-0.39, 0.29) is 21.8 Å². The van der Waals surface area contributed by atoms with Crippen molar-refractivity contribution in [3.8, 4) is 17.2 Å². The first-order chi connectivity index (χ1) is 8.49. The Labute approximate surface area is 98.7 Å². The van der Waals surface area contributed by atoms with Gasteiger partial charge in [-0.05, 0) is 12.1 Å². The fraction of sp³-hybridized carbons (Fsp3) is 0. The highest BCUT2D eigenvalue weighted by atomic mass is 19.1. The van der Waals surface area contributed by atoms with Crippen molar-refractivity contribution in [1.29, 1.82) is 0 Å². The normalized spacial score (nSPS) is 11.4. The van der Waals surface area contributed by atoms with Gasteiger partial charge in [0.05, 0.1) is 11.0 Å². The lowest BCUT2D eigenvalue weighted by Crippen LogP contribution is -1.80. The average Bonchev–Trinajstić information content (AvgIpc) is 2.64. The summed E-state index contributed by atoms with van der Waals surface area (Å²) < 4.78 is 26.8. The van der Waals surface area contributed by atoms with E-state index in [1.54, 1.807) is 0 Å². The number of aromatic amines is 1. The van der Waals surface area contributed by atoms with Gasteiger partial charge >= 0.3 is 0 Å². The third-order valence-electron chi connectivity index (χ3n) is 2.84. The van der Waals surface area contributed by atoms with Gasteiger partial charge in [-0.25, -0.2) is 8.78 Å². The Morgan fingerprint density at radius 3 is 2.39 bits per heavy atom. The second kappa shape index (κ2) is 3.25. The van der Waals surface area contributed by atoms with E-state index in [0.29, 0.717) is 6.07 Å². The second-order valence-corrected chi connectivity index (χ2v) is 3.95. The summed E-state index contributed by atoms with van der Waals surface area (Å²) in [6.07, 6.45) is 0. The van der Waals surface area contributed by atoms with Crippen LogP contribution < -0.4 is 0 Å². The number of rotatable bonds is 0. The number of fused-ring (bicyclic) bond motifs is 3. The van der Waals surface area contributed by atoms with E-state index >= 15 is 0 Å². The molecule has 4 N–H and O–H groups in total. The molecule has 0 saturated heterocycles. The Kier molecular flexibility index (Phi) is 1.92. The van der Waals surface area contributed by atoms with E-state index < -0.39 is 28.9 Å². The van der Waals surface area contributed by atoms with Gasteiger partial charge in [0.2, 0.25) is 5.75 Å². The van der Waals surface area contributed by atoms with Crippen LogP contribution in [0.2, 0.25) is 0 Å². The minimum atomic E-state index is -0.819. The number of H-pyrrole nitrogens is 1. The van der Waals surface area contributed by atoms with E-state index in [9.17, 15) is 24.1 Å². The van der Waals surface area contributed by atoms with E-state index in [1.807, 2.05) is 0 Å². The van der Waals surface area contributed by atoms with Gasteiger partial charge in [-0.2, -0.15) is 0 Å². The summed E-state index contributed by atoms with van der Waals surface area (Å²) in [4.78, 5) is 2.59. The molecule has 6 heteroatoms. The largest absolute Gasteiger partial charge is 0.504 e. The quantitative estimate of drug-likeness (QED) is 0.464. The zero-order chi connectivity index (χ0) is 13.0. The van der Waals surface area contributed by atoms with Gasteiger partial charge in [-0.3, -0.25) is 0 Å². The minimum Gasteiger partial charge on any atom is -0.504 e. The molecule has 3 aromatic rings. The molecule has 92 valence electrons. The van der Waals surface area contributed by atoms with Gasteiger partial charge in [-0.1, -0.05) is 0 Å². The Balaban J connectivity index is 2.60. The van der Waals surface area contributed by atoms with E-state index in [2.05, 4.69) is 4.98 Å². The summed E-state index contributed by atoms with van der Waals surface area (Å²) in [7, 11) is 0. The summed E-state index contributed by atoms with van der Waals surface area (Å²) >= 11 is 0. The smallest absolute Gasteiger partial charge is 0.202 e. The maximum atomic E-state index is 13.7. The molecule has 18 heavy (non-hydrogen) atoms. The van der Waals surface area contributed by atoms with Crippen LogP contribution in [-0.2, 0) is 0 Å². The van der Waals surface area contributed by atoms with Gasteiger partial charge in [0.15, 0.2) is 11.5 Å². The Bertz CT molecular complexity index is 795. The topological polar surface area (TPSA) is 76.5 Å². The van der Waals surface area contributed by atoms with Crippen LogP contribution in [0.3, 0.4) is 0 Å². The third-order valence-corrected chi connectivity index (χ3v) is 2.84. The fourth-order valence-electron chi connectivity index (χ4n) is 2.05. The van der Waals surface area contributed by atoms with Crippen molar-refractivity contribution in [2.45, 2.75) is 0 Å². The molecule has 0 aliphatic rings. The van der Waals surface area contributed by atoms with Gasteiger partial charge in [0.25, 0.3) is 0 Å². The minimum absolute atomic E-state index is 0.0322. The van der Waals surface area contributed by atoms with E-state index in [0.717, 1.165) is 12.1 Å². The number of halogens is 2. The number of phenolic OH excluding ortho intramolecular Hbond substituents is 3. The molecule has 0 atom stereocenters. The summed E-state index contributed by atoms with van der Waals surface area (Å²) in [6, 6.07) is 2.87. The monoisotopic (exact) mass is 251 g/mol. The van der Waals surface area contributed by atoms with Crippen molar-refractivity contribution >= 4 is 21.8 Å². The predicted octanol–water partition coefficient (Wildman–Crippen LogP) is 2.72. The van der Waals surface area contributed by atoms with Gasteiger partial charge in [0, 0.05) is 16.8 Å². The van der Waals surface area contributed by atoms with E-state index in [1.165, 1.54) is 0 Å². The average molecular weight is 251 g/mol. The first-order valence-electron chi connectivity index (χ1n) is 5.03. The number of aromatic hydroxyl groups is 3. The lowest BCUT2D eigenvalue weighted by atomic mass is 10.1. The molecule has 3 rings (SSSR count). The van der Waals surface area contributed by atoms with Crippen LogP contribution in [0.25, 0.3) is 21.8 Å². The SMILES string of the molecule is Oc1cc2c([nH]c3cc(F)cc(F)c32)c(O)c1O. The third kappa shape index (κ3) is 1.22. The van der Waals surface area contributed by atoms with Gasteiger partial charge in [-0.15, -0.1) is 0 Å². The van der Waals surface area contributed by atoms with Crippen LogP contribution in [0.1, 0.15) is 0 Å². The maximum absolute atomic E-state index is 13.7. The zero-order valence-corrected chi connectivity index (χ0v) is 8.83. The molecule has 1 heterocycles. The molecule has 1 aromatic heterocycles. The molecule has 0 spiro atoms. The Morgan fingerprint density at radius 2 is 1.67 bits per heavy atom. The standard InChI is InChI=1S/C12H7F2NO3/c13-4-1-6(14)9-5-3-8(16)11(17)12(18)10(5)15-7(9)2-4/h1-3,15-18H. The van der Waals surface area contributed by atoms with Crippen LogP contribution in [-0.4, -0.2) is 20.3 Å². The molecule has 0 radical (unpaired) electrons. The number of phenols is 3. The molecule has 4 nitrogen and oxygen atoms in total. The van der Waals surface area contributed by atoms with Crippen LogP contribution in [0.15, 0.2) is 18.2 Å². The fourth-order valence-corrected chi connectivity index (χ4v) is 2.05. The number of hydrogen-bond acceptors (Lipinski definition) is 3. The molecule has 0 fully saturated rings. The maximum Gasteiger partial charge on any atom is 0.202 e. The van der Waals surface area contributed by atoms with Crippen molar-refractivity contribution < 1.29 is 24.1 Å². The lowest BCUT2D eigenvalue weighted by molar-refractivity contribution is 0.371. The van der Waals surface area contributed by atoms with Crippen LogP contribution in [0, 0.1) is 11.6 Å². The Hall–Kier alpha value is -2.50. The van der Waals surface area contributed by atoms with Crippen molar-refractivity contribution in [2.24, 2.45) is 0 Å². The highest BCUT2D eigenvalue weighted by Crippen LogP contribution is 2.43.